The highest BCUT2D eigenvalue weighted by Gasteiger charge is 2.32. The van der Waals surface area contributed by atoms with E-state index < -0.39 is 5.60 Å². The lowest BCUT2D eigenvalue weighted by molar-refractivity contribution is 0.0767. The van der Waals surface area contributed by atoms with Gasteiger partial charge in [-0.2, -0.15) is 0 Å². The zero-order valence-electron chi connectivity index (χ0n) is 10.1. The predicted octanol–water partition coefficient (Wildman–Crippen LogP) is 2.45. The topological polar surface area (TPSA) is 59.1 Å². The minimum atomic E-state index is -1.32. The van der Waals surface area contributed by atoms with Gasteiger partial charge in [-0.05, 0) is 30.2 Å². The zero-order chi connectivity index (χ0) is 13.2. The second-order valence-electron chi connectivity index (χ2n) is 4.16. The van der Waals surface area contributed by atoms with Crippen molar-refractivity contribution in [2.75, 3.05) is 5.73 Å². The average molecular weight is 246 g/mol. The summed E-state index contributed by atoms with van der Waals surface area (Å²) in [6.07, 6.45) is 1.94. The van der Waals surface area contributed by atoms with E-state index in [4.69, 9.17) is 5.73 Å². The Morgan fingerprint density at radius 1 is 1.33 bits per heavy atom. The Balaban J connectivity index is 2.59. The van der Waals surface area contributed by atoms with Gasteiger partial charge in [0.1, 0.15) is 17.2 Å². The second kappa shape index (κ2) is 4.74. The smallest absolute Gasteiger partial charge is 0.129 e. The number of halogens is 1. The summed E-state index contributed by atoms with van der Waals surface area (Å²) in [7, 11) is 0. The molecule has 1 atom stereocenters. The van der Waals surface area contributed by atoms with Gasteiger partial charge in [-0.3, -0.25) is 0 Å². The standard InChI is InChI=1S/C14H15FN2O/c1-2-14(18,10-5-3-6-11(15)9-10)12-7-4-8-17-13(12)16/h3-9,18H,2H2,1H3,(H2,16,17). The summed E-state index contributed by atoms with van der Waals surface area (Å²) in [6.45, 7) is 1.82. The number of pyridine rings is 1. The van der Waals surface area contributed by atoms with Crippen LogP contribution in [0.3, 0.4) is 0 Å². The van der Waals surface area contributed by atoms with Gasteiger partial charge in [0.15, 0.2) is 0 Å². The maximum absolute atomic E-state index is 13.3. The molecule has 0 saturated carbocycles. The molecule has 2 rings (SSSR count). The van der Waals surface area contributed by atoms with Crippen molar-refractivity contribution in [3.63, 3.8) is 0 Å². The predicted molar refractivity (Wildman–Crippen MR) is 68.3 cm³/mol. The lowest BCUT2D eigenvalue weighted by Gasteiger charge is -2.28. The summed E-state index contributed by atoms with van der Waals surface area (Å²) in [5.74, 6) is -0.132. The lowest BCUT2D eigenvalue weighted by Crippen LogP contribution is -2.28. The molecule has 1 aromatic heterocycles. The number of nitrogens with zero attached hydrogens (tertiary/aromatic N) is 1. The van der Waals surface area contributed by atoms with Crippen LogP contribution in [-0.4, -0.2) is 10.1 Å². The number of nitrogens with two attached hydrogens (primary N) is 1. The Labute approximate surface area is 105 Å². The summed E-state index contributed by atoms with van der Waals surface area (Å²) < 4.78 is 13.3. The fraction of sp³-hybridized carbons (Fsp3) is 0.214. The summed E-state index contributed by atoms with van der Waals surface area (Å²) in [6, 6.07) is 9.31. The molecule has 94 valence electrons. The molecule has 0 fully saturated rings. The van der Waals surface area contributed by atoms with Crippen molar-refractivity contribution in [2.45, 2.75) is 18.9 Å². The Hall–Kier alpha value is -1.94. The van der Waals surface area contributed by atoms with Gasteiger partial charge in [0, 0.05) is 11.8 Å². The van der Waals surface area contributed by atoms with E-state index in [9.17, 15) is 9.50 Å². The number of aromatic nitrogens is 1. The first kappa shape index (κ1) is 12.5. The molecular weight excluding hydrogens is 231 g/mol. The molecule has 18 heavy (non-hydrogen) atoms. The van der Waals surface area contributed by atoms with Gasteiger partial charge in [-0.15, -0.1) is 0 Å². The molecule has 1 aromatic carbocycles. The first-order chi connectivity index (χ1) is 8.58. The fourth-order valence-corrected chi connectivity index (χ4v) is 2.06. The molecule has 0 aliphatic rings. The number of hydrogen-bond acceptors (Lipinski definition) is 3. The Kier molecular flexibility index (Phi) is 3.30. The van der Waals surface area contributed by atoms with E-state index in [0.717, 1.165) is 0 Å². The third-order valence-electron chi connectivity index (χ3n) is 3.10. The van der Waals surface area contributed by atoms with Crippen LogP contribution in [0.4, 0.5) is 10.2 Å². The molecule has 0 radical (unpaired) electrons. The van der Waals surface area contributed by atoms with Crippen molar-refractivity contribution >= 4 is 5.82 Å². The van der Waals surface area contributed by atoms with E-state index in [-0.39, 0.29) is 11.6 Å². The Bertz CT molecular complexity index is 559. The van der Waals surface area contributed by atoms with Gasteiger partial charge in [0.25, 0.3) is 0 Å². The summed E-state index contributed by atoms with van der Waals surface area (Å²) in [5, 5.41) is 10.8. The van der Waals surface area contributed by atoms with Gasteiger partial charge >= 0.3 is 0 Å². The zero-order valence-corrected chi connectivity index (χ0v) is 10.1. The first-order valence-corrected chi connectivity index (χ1v) is 5.77. The lowest BCUT2D eigenvalue weighted by atomic mass is 9.84. The third kappa shape index (κ3) is 2.07. The second-order valence-corrected chi connectivity index (χ2v) is 4.16. The average Bonchev–Trinajstić information content (AvgIpc) is 2.38. The third-order valence-corrected chi connectivity index (χ3v) is 3.10. The molecule has 3 nitrogen and oxygen atoms in total. The molecule has 0 bridgehead atoms. The maximum Gasteiger partial charge on any atom is 0.129 e. The number of nitrogen functional groups attached to an aromatic ring is 1. The number of hydrogen-bond donors (Lipinski definition) is 2. The highest BCUT2D eigenvalue weighted by atomic mass is 19.1. The largest absolute Gasteiger partial charge is 0.383 e. The normalized spacial score (nSPS) is 14.2. The van der Waals surface area contributed by atoms with Crippen molar-refractivity contribution in [3.05, 3.63) is 59.5 Å². The SMILES string of the molecule is CCC(O)(c1cccc(F)c1)c1cccnc1N. The summed E-state index contributed by atoms with van der Waals surface area (Å²) in [4.78, 5) is 3.97. The summed E-state index contributed by atoms with van der Waals surface area (Å²) >= 11 is 0. The Morgan fingerprint density at radius 3 is 2.72 bits per heavy atom. The van der Waals surface area contributed by atoms with E-state index in [1.54, 1.807) is 30.5 Å². The molecule has 4 heteroatoms. The van der Waals surface area contributed by atoms with Crippen LogP contribution in [0.15, 0.2) is 42.6 Å². The molecular formula is C14H15FN2O. The maximum atomic E-state index is 13.3. The Morgan fingerprint density at radius 2 is 2.11 bits per heavy atom. The van der Waals surface area contributed by atoms with Crippen LogP contribution in [0.25, 0.3) is 0 Å². The van der Waals surface area contributed by atoms with E-state index in [1.165, 1.54) is 12.1 Å². The number of aliphatic hydroxyl groups is 1. The van der Waals surface area contributed by atoms with Crippen LogP contribution in [0, 0.1) is 5.82 Å². The van der Waals surface area contributed by atoms with Gasteiger partial charge < -0.3 is 10.8 Å². The van der Waals surface area contributed by atoms with Crippen molar-refractivity contribution in [2.24, 2.45) is 0 Å². The minimum absolute atomic E-state index is 0.256. The van der Waals surface area contributed by atoms with E-state index in [0.29, 0.717) is 17.5 Å². The van der Waals surface area contributed by atoms with Crippen LogP contribution in [0.2, 0.25) is 0 Å². The van der Waals surface area contributed by atoms with Gasteiger partial charge in [-0.1, -0.05) is 25.1 Å². The summed E-state index contributed by atoms with van der Waals surface area (Å²) in [5.41, 5.74) is 5.45. The molecule has 0 spiro atoms. The quantitative estimate of drug-likeness (QED) is 0.874. The molecule has 3 N–H and O–H groups in total. The van der Waals surface area contributed by atoms with Crippen LogP contribution >= 0.6 is 0 Å². The van der Waals surface area contributed by atoms with E-state index >= 15 is 0 Å². The highest BCUT2D eigenvalue weighted by Crippen LogP contribution is 2.35. The van der Waals surface area contributed by atoms with Crippen LogP contribution in [0.5, 0.6) is 0 Å². The van der Waals surface area contributed by atoms with E-state index in [2.05, 4.69) is 4.98 Å². The molecule has 0 aliphatic heterocycles. The van der Waals surface area contributed by atoms with Crippen molar-refractivity contribution in [3.8, 4) is 0 Å². The monoisotopic (exact) mass is 246 g/mol. The number of anilines is 1. The molecule has 0 amide bonds. The highest BCUT2D eigenvalue weighted by molar-refractivity contribution is 5.48. The van der Waals surface area contributed by atoms with Gasteiger partial charge in [-0.25, -0.2) is 9.37 Å². The van der Waals surface area contributed by atoms with E-state index in [1.807, 2.05) is 6.92 Å². The first-order valence-electron chi connectivity index (χ1n) is 5.77. The van der Waals surface area contributed by atoms with Crippen molar-refractivity contribution in [1.29, 1.82) is 0 Å². The molecule has 1 unspecified atom stereocenters. The van der Waals surface area contributed by atoms with Crippen molar-refractivity contribution in [1.82, 2.24) is 4.98 Å². The van der Waals surface area contributed by atoms with Crippen molar-refractivity contribution < 1.29 is 9.50 Å². The van der Waals surface area contributed by atoms with Crippen LogP contribution < -0.4 is 5.73 Å². The molecule has 1 heterocycles. The minimum Gasteiger partial charge on any atom is -0.383 e. The number of rotatable bonds is 3. The van der Waals surface area contributed by atoms with Gasteiger partial charge in [0.2, 0.25) is 0 Å². The molecule has 2 aromatic rings. The number of benzene rings is 1. The van der Waals surface area contributed by atoms with Gasteiger partial charge in [0.05, 0.1) is 0 Å². The molecule has 0 saturated heterocycles. The van der Waals surface area contributed by atoms with Crippen LogP contribution in [0.1, 0.15) is 24.5 Å². The fourth-order valence-electron chi connectivity index (χ4n) is 2.06. The van der Waals surface area contributed by atoms with Crippen LogP contribution in [-0.2, 0) is 5.60 Å². The molecule has 0 aliphatic carbocycles.